The van der Waals surface area contributed by atoms with Crippen molar-refractivity contribution in [2.24, 2.45) is 15.9 Å². The first-order valence-electron chi connectivity index (χ1n) is 7.74. The molecule has 0 aromatic heterocycles. The maximum Gasteiger partial charge on any atom is 0.294 e. The Kier molecular flexibility index (Phi) is 8.88. The standard InChI is InChI=1S/C10H14N4O3.C7H8O3S/c1-16-8-3-4-9(17-2)7(5-8)6-12-13-10(11)14-15;1-6-2-4-7(5-3-6)11(8,9)10/h3-6,15H,1-2H3,(H3,11,13,14);2-5H,1H3,(H,8,9,10). The number of aryl methyl sites for hydroxylation is 1. The molecule has 0 aliphatic heterocycles. The summed E-state index contributed by atoms with van der Waals surface area (Å²) in [5, 5.41) is 15.5. The molecular weight excluding hydrogens is 388 g/mol. The fraction of sp³-hybridized carbons (Fsp3) is 0.176. The Morgan fingerprint density at radius 3 is 2.29 bits per heavy atom. The molecule has 0 amide bonds. The average molecular weight is 410 g/mol. The van der Waals surface area contributed by atoms with Crippen LogP contribution in [-0.4, -0.2) is 44.6 Å². The first kappa shape index (κ1) is 22.9. The summed E-state index contributed by atoms with van der Waals surface area (Å²) in [5.41, 5.74) is 8.48. The first-order chi connectivity index (χ1) is 13.2. The van der Waals surface area contributed by atoms with E-state index in [9.17, 15) is 8.42 Å². The molecule has 2 aromatic rings. The molecule has 0 bridgehead atoms. The molecule has 11 heteroatoms. The van der Waals surface area contributed by atoms with Gasteiger partial charge in [-0.2, -0.15) is 13.5 Å². The Labute approximate surface area is 163 Å². The number of methoxy groups -OCH3 is 2. The van der Waals surface area contributed by atoms with Crippen molar-refractivity contribution in [3.63, 3.8) is 0 Å². The zero-order valence-corrected chi connectivity index (χ0v) is 16.3. The van der Waals surface area contributed by atoms with Gasteiger partial charge in [0.2, 0.25) is 5.96 Å². The minimum Gasteiger partial charge on any atom is -0.497 e. The maximum atomic E-state index is 10.5. The number of nitrogens with two attached hydrogens (primary N) is 1. The topological polar surface area (TPSA) is 156 Å². The molecule has 0 radical (unpaired) electrons. The lowest BCUT2D eigenvalue weighted by atomic mass is 10.2. The summed E-state index contributed by atoms with van der Waals surface area (Å²) >= 11 is 0. The lowest BCUT2D eigenvalue weighted by Crippen LogP contribution is -2.27. The predicted octanol–water partition coefficient (Wildman–Crippen LogP) is 1.57. The van der Waals surface area contributed by atoms with Crippen LogP contribution >= 0.6 is 0 Å². The van der Waals surface area contributed by atoms with Crippen LogP contribution in [0.25, 0.3) is 0 Å². The zero-order chi connectivity index (χ0) is 21.2. The van der Waals surface area contributed by atoms with Crippen LogP contribution in [0.2, 0.25) is 0 Å². The second kappa shape index (κ2) is 10.9. The van der Waals surface area contributed by atoms with E-state index in [0.29, 0.717) is 17.1 Å². The first-order valence-corrected chi connectivity index (χ1v) is 9.18. The lowest BCUT2D eigenvalue weighted by molar-refractivity contribution is 0.232. The van der Waals surface area contributed by atoms with Gasteiger partial charge in [0.25, 0.3) is 10.1 Å². The predicted molar refractivity (Wildman–Crippen MR) is 105 cm³/mol. The van der Waals surface area contributed by atoms with Crippen LogP contribution < -0.4 is 20.7 Å². The molecule has 2 aromatic carbocycles. The highest BCUT2D eigenvalue weighted by molar-refractivity contribution is 7.85. The van der Waals surface area contributed by atoms with Crippen LogP contribution in [0.15, 0.2) is 57.6 Å². The number of nitrogens with one attached hydrogen (secondary N) is 1. The van der Waals surface area contributed by atoms with E-state index in [0.717, 1.165) is 5.56 Å². The van der Waals surface area contributed by atoms with Gasteiger partial charge in [-0.3, -0.25) is 9.76 Å². The van der Waals surface area contributed by atoms with Crippen LogP contribution in [0.4, 0.5) is 0 Å². The summed E-state index contributed by atoms with van der Waals surface area (Å²) in [7, 11) is -0.908. The Hall–Kier alpha value is -3.15. The molecule has 5 N–H and O–H groups in total. The third-order valence-electron chi connectivity index (χ3n) is 3.23. The Morgan fingerprint density at radius 2 is 1.79 bits per heavy atom. The van der Waals surface area contributed by atoms with Crippen molar-refractivity contribution in [2.75, 3.05) is 14.2 Å². The molecular formula is C17H22N4O6S. The second-order valence-electron chi connectivity index (χ2n) is 5.24. The third kappa shape index (κ3) is 7.61. The van der Waals surface area contributed by atoms with Crippen molar-refractivity contribution in [1.82, 2.24) is 5.48 Å². The van der Waals surface area contributed by atoms with Gasteiger partial charge in [0.05, 0.1) is 25.3 Å². The van der Waals surface area contributed by atoms with Gasteiger partial charge in [-0.1, -0.05) is 17.7 Å². The van der Waals surface area contributed by atoms with Crippen molar-refractivity contribution in [3.05, 3.63) is 53.6 Å². The van der Waals surface area contributed by atoms with Gasteiger partial charge in [-0.15, -0.1) is 5.10 Å². The molecule has 0 fully saturated rings. The fourth-order valence-electron chi connectivity index (χ4n) is 1.83. The van der Waals surface area contributed by atoms with Gasteiger partial charge >= 0.3 is 0 Å². The van der Waals surface area contributed by atoms with Crippen molar-refractivity contribution < 1.29 is 27.7 Å². The maximum absolute atomic E-state index is 10.5. The van der Waals surface area contributed by atoms with E-state index < -0.39 is 10.1 Å². The Balaban J connectivity index is 0.000000307. The fourth-order valence-corrected chi connectivity index (χ4v) is 2.31. The molecule has 0 aliphatic carbocycles. The number of guanidine groups is 1. The van der Waals surface area contributed by atoms with Gasteiger partial charge in [0.15, 0.2) is 0 Å². The van der Waals surface area contributed by atoms with Gasteiger partial charge in [-0.25, -0.2) is 5.48 Å². The normalized spacial score (nSPS) is 11.5. The number of rotatable bonds is 5. The highest BCUT2D eigenvalue weighted by Crippen LogP contribution is 2.22. The molecule has 2 rings (SSSR count). The molecule has 0 aliphatic rings. The number of hydroxylamine groups is 1. The summed E-state index contributed by atoms with van der Waals surface area (Å²) in [4.78, 5) is -0.0666. The zero-order valence-electron chi connectivity index (χ0n) is 15.5. The molecule has 0 spiro atoms. The van der Waals surface area contributed by atoms with Crippen LogP contribution in [0.3, 0.4) is 0 Å². The third-order valence-corrected chi connectivity index (χ3v) is 4.10. The van der Waals surface area contributed by atoms with Crippen molar-refractivity contribution in [2.45, 2.75) is 11.8 Å². The van der Waals surface area contributed by atoms with Crippen molar-refractivity contribution in [1.29, 1.82) is 0 Å². The highest BCUT2D eigenvalue weighted by Gasteiger charge is 2.06. The number of hydrogen-bond acceptors (Lipinski definition) is 7. The van der Waals surface area contributed by atoms with E-state index in [1.807, 2.05) is 6.92 Å². The summed E-state index contributed by atoms with van der Waals surface area (Å²) in [6, 6.07) is 11.2. The molecule has 10 nitrogen and oxygen atoms in total. The Bertz CT molecular complexity index is 927. The van der Waals surface area contributed by atoms with Crippen LogP contribution in [0.5, 0.6) is 11.5 Å². The highest BCUT2D eigenvalue weighted by atomic mass is 32.2. The van der Waals surface area contributed by atoms with Gasteiger partial charge in [-0.05, 0) is 37.3 Å². The summed E-state index contributed by atoms with van der Waals surface area (Å²) in [6.07, 6.45) is 1.44. The van der Waals surface area contributed by atoms with E-state index in [2.05, 4.69) is 10.2 Å². The van der Waals surface area contributed by atoms with Crippen LogP contribution in [-0.2, 0) is 10.1 Å². The van der Waals surface area contributed by atoms with Crippen molar-refractivity contribution in [3.8, 4) is 11.5 Å². The summed E-state index contributed by atoms with van der Waals surface area (Å²) < 4.78 is 39.8. The van der Waals surface area contributed by atoms with E-state index >= 15 is 0 Å². The van der Waals surface area contributed by atoms with Crippen LogP contribution in [0, 0.1) is 6.92 Å². The number of hydrogen-bond donors (Lipinski definition) is 4. The van der Waals surface area contributed by atoms with Gasteiger partial charge in [0, 0.05) is 5.56 Å². The number of ether oxygens (including phenoxy) is 2. The smallest absolute Gasteiger partial charge is 0.294 e. The lowest BCUT2D eigenvalue weighted by Gasteiger charge is -2.06. The van der Waals surface area contributed by atoms with E-state index in [1.165, 1.54) is 18.3 Å². The molecule has 28 heavy (non-hydrogen) atoms. The van der Waals surface area contributed by atoms with E-state index in [1.54, 1.807) is 50.0 Å². The summed E-state index contributed by atoms with van der Waals surface area (Å²) in [6.45, 7) is 1.84. The Morgan fingerprint density at radius 1 is 1.14 bits per heavy atom. The second-order valence-corrected chi connectivity index (χ2v) is 6.66. The molecule has 0 saturated carbocycles. The van der Waals surface area contributed by atoms with Crippen molar-refractivity contribution >= 4 is 22.3 Å². The SMILES string of the molecule is COc1ccc(OC)c(C=N/N=C(\N)NO)c1.Cc1ccc(S(=O)(=O)O)cc1. The number of benzene rings is 2. The molecule has 0 atom stereocenters. The quantitative estimate of drug-likeness (QED) is 0.250. The molecule has 152 valence electrons. The molecule has 0 saturated heterocycles. The monoisotopic (exact) mass is 410 g/mol. The largest absolute Gasteiger partial charge is 0.497 e. The minimum atomic E-state index is -4.02. The average Bonchev–Trinajstić information content (AvgIpc) is 2.67. The van der Waals surface area contributed by atoms with E-state index in [-0.39, 0.29) is 10.9 Å². The molecule has 0 unspecified atom stereocenters. The molecule has 0 heterocycles. The summed E-state index contributed by atoms with van der Waals surface area (Å²) in [5.74, 6) is 1.09. The van der Waals surface area contributed by atoms with Crippen LogP contribution in [0.1, 0.15) is 11.1 Å². The van der Waals surface area contributed by atoms with Gasteiger partial charge < -0.3 is 15.2 Å². The van der Waals surface area contributed by atoms with Gasteiger partial charge in [0.1, 0.15) is 11.5 Å². The number of nitrogens with zero attached hydrogens (tertiary/aromatic N) is 2. The van der Waals surface area contributed by atoms with E-state index in [4.69, 9.17) is 25.0 Å². The minimum absolute atomic E-state index is 0.0666.